The largest absolute Gasteiger partial charge is 0.515 e. The molecule has 0 radical (unpaired) electrons. The highest BCUT2D eigenvalue weighted by Crippen LogP contribution is 2.44. The van der Waals surface area contributed by atoms with Crippen molar-refractivity contribution >= 4 is 35.1 Å². The van der Waals surface area contributed by atoms with E-state index in [2.05, 4.69) is 90.7 Å². The Bertz CT molecular complexity index is 2090. The Kier molecular flexibility index (Phi) is 9.02. The second kappa shape index (κ2) is 13.2. The van der Waals surface area contributed by atoms with Crippen LogP contribution in [-0.2, 0) is 11.2 Å². The first-order chi connectivity index (χ1) is 23.2. The van der Waals surface area contributed by atoms with Crippen molar-refractivity contribution in [3.05, 3.63) is 139 Å². The second-order valence-corrected chi connectivity index (χ2v) is 12.5. The number of aliphatic hydroxyl groups is 1. The van der Waals surface area contributed by atoms with Crippen molar-refractivity contribution in [3.63, 3.8) is 0 Å². The van der Waals surface area contributed by atoms with E-state index in [0.717, 1.165) is 128 Å². The molecule has 4 aliphatic heterocycles. The molecule has 6 heteroatoms. The Balaban J connectivity index is 1.82. The fourth-order valence-electron chi connectivity index (χ4n) is 7.65. The number of hydrogen-bond acceptors (Lipinski definition) is 5. The summed E-state index contributed by atoms with van der Waals surface area (Å²) in [5, 5.41) is 11.0. The number of aldehydes is 1. The van der Waals surface area contributed by atoms with Gasteiger partial charge in [-0.25, -0.2) is 15.0 Å². The number of fused-ring (bicyclic) bond motifs is 5. The van der Waals surface area contributed by atoms with E-state index in [1.165, 1.54) is 17.2 Å². The number of aromatic amines is 1. The lowest BCUT2D eigenvalue weighted by Gasteiger charge is -2.12. The normalized spacial score (nSPS) is 19.0. The number of rotatable bonds is 7. The fourth-order valence-corrected chi connectivity index (χ4v) is 7.65. The molecule has 0 aliphatic carbocycles. The minimum Gasteiger partial charge on any atom is -0.515 e. The lowest BCUT2D eigenvalue weighted by molar-refractivity contribution is -0.104. The van der Waals surface area contributed by atoms with E-state index in [4.69, 9.17) is 15.0 Å². The molecule has 6 rings (SSSR count). The van der Waals surface area contributed by atoms with E-state index in [-0.39, 0.29) is 0 Å². The Morgan fingerprint density at radius 1 is 0.750 bits per heavy atom. The lowest BCUT2D eigenvalue weighted by Crippen LogP contribution is -2.14. The molecule has 2 aromatic rings. The smallest absolute Gasteiger partial charge is 0.142 e. The van der Waals surface area contributed by atoms with Crippen LogP contribution in [0.25, 0.3) is 11.6 Å². The molecule has 0 unspecified atom stereocenters. The number of aliphatic imine (C=N–C) groups is 3. The highest BCUT2D eigenvalue weighted by Gasteiger charge is 2.34. The Hall–Kier alpha value is -5.10. The molecule has 2 N–H and O–H groups in total. The van der Waals surface area contributed by atoms with Gasteiger partial charge in [-0.1, -0.05) is 58.0 Å². The van der Waals surface area contributed by atoms with Crippen LogP contribution in [0.5, 0.6) is 0 Å². The molecule has 1 aromatic heterocycles. The molecule has 48 heavy (non-hydrogen) atoms. The molecule has 244 valence electrons. The van der Waals surface area contributed by atoms with E-state index in [1.54, 1.807) is 0 Å². The number of aromatic nitrogens is 1. The summed E-state index contributed by atoms with van der Waals surface area (Å²) in [6.45, 7) is 17.1. The van der Waals surface area contributed by atoms with E-state index >= 15 is 0 Å². The number of nitrogens with zero attached hydrogens (tertiary/aromatic N) is 3. The number of nitrogens with one attached hydrogen (secondary N) is 1. The van der Waals surface area contributed by atoms with Crippen LogP contribution in [0.1, 0.15) is 95.8 Å². The summed E-state index contributed by atoms with van der Waals surface area (Å²) >= 11 is 0. The summed E-state index contributed by atoms with van der Waals surface area (Å²) in [7, 11) is 0. The van der Waals surface area contributed by atoms with Crippen LogP contribution in [0.3, 0.4) is 0 Å². The zero-order chi connectivity index (χ0) is 34.3. The molecule has 1 aromatic carbocycles. The second-order valence-electron chi connectivity index (χ2n) is 12.5. The van der Waals surface area contributed by atoms with Gasteiger partial charge in [-0.05, 0) is 122 Å². The van der Waals surface area contributed by atoms with E-state index in [0.29, 0.717) is 11.3 Å². The summed E-state index contributed by atoms with van der Waals surface area (Å²) < 4.78 is 0. The van der Waals surface area contributed by atoms with Gasteiger partial charge in [0.05, 0.1) is 51.8 Å². The number of benzene rings is 1. The predicted molar refractivity (Wildman–Crippen MR) is 200 cm³/mol. The predicted octanol–water partition coefficient (Wildman–Crippen LogP) is 9.99. The third-order valence-electron chi connectivity index (χ3n) is 10.1. The molecule has 0 saturated heterocycles. The quantitative estimate of drug-likeness (QED) is 0.180. The SMILES string of the molecule is CCC1=C(C)C2=Cc3[nH]c(c(C)c3CC)C(c3ccccc3)=C3N=C(C(=CO)C4=NC(=C(/C=C/C=O)C1=N2)C(CC)=C4C)C(CC)=C3C. The average Bonchev–Trinajstić information content (AvgIpc) is 3.79. The molecule has 4 aliphatic rings. The number of hydrogen-bond donors (Lipinski definition) is 2. The Labute approximate surface area is 283 Å². The summed E-state index contributed by atoms with van der Waals surface area (Å²) in [5.41, 5.74) is 19.2. The first-order valence-electron chi connectivity index (χ1n) is 17.1. The number of carbonyl (C=O) groups is 1. The van der Waals surface area contributed by atoms with Gasteiger partial charge in [0.2, 0.25) is 0 Å². The van der Waals surface area contributed by atoms with Crippen LogP contribution < -0.4 is 0 Å². The van der Waals surface area contributed by atoms with Gasteiger partial charge in [0.15, 0.2) is 0 Å². The first-order valence-corrected chi connectivity index (χ1v) is 17.1. The first kappa shape index (κ1) is 32.8. The van der Waals surface area contributed by atoms with Crippen LogP contribution >= 0.6 is 0 Å². The molecule has 0 amide bonds. The third kappa shape index (κ3) is 5.11. The highest BCUT2D eigenvalue weighted by atomic mass is 16.2. The monoisotopic (exact) mass is 636 g/mol. The molecule has 0 fully saturated rings. The van der Waals surface area contributed by atoms with Gasteiger partial charge in [-0.3, -0.25) is 4.79 Å². The van der Waals surface area contributed by atoms with Crippen molar-refractivity contribution in [2.75, 3.05) is 0 Å². The van der Waals surface area contributed by atoms with Gasteiger partial charge < -0.3 is 10.1 Å². The fraction of sp³-hybridized carbons (Fsp3) is 0.286. The van der Waals surface area contributed by atoms with Crippen LogP contribution in [-0.4, -0.2) is 33.5 Å². The van der Waals surface area contributed by atoms with E-state index in [9.17, 15) is 9.90 Å². The molecule has 0 spiro atoms. The van der Waals surface area contributed by atoms with E-state index < -0.39 is 0 Å². The van der Waals surface area contributed by atoms with Gasteiger partial charge in [-0.15, -0.1) is 0 Å². The van der Waals surface area contributed by atoms with Gasteiger partial charge in [0, 0.05) is 16.8 Å². The van der Waals surface area contributed by atoms with Crippen molar-refractivity contribution in [3.8, 4) is 0 Å². The summed E-state index contributed by atoms with van der Waals surface area (Å²) in [6.07, 6.45) is 10.6. The Morgan fingerprint density at radius 2 is 1.42 bits per heavy atom. The van der Waals surface area contributed by atoms with Crippen LogP contribution in [0.2, 0.25) is 0 Å². The maximum absolute atomic E-state index is 11.7. The maximum Gasteiger partial charge on any atom is 0.142 e. The standard InChI is InChI=1S/C42H44N4O2/c1-9-28-24(6)38-36(27-17-14-13-15-18-27)39-26(8)31(12-4)42(46-39)33(22-48)37-25(7)30(11-3)41(45-37)32(19-16-20-47)40-29(10-2)23(5)34(43-40)21-35(28)44-38/h13-22,44,48H,9-12H2,1-8H3/b19-16+,33-22?,34-21?,39-36?,41-32?. The number of H-pyrrole nitrogens is 1. The maximum atomic E-state index is 11.7. The molecular formula is C42H44N4O2. The molecular weight excluding hydrogens is 592 g/mol. The molecule has 8 bridgehead atoms. The lowest BCUT2D eigenvalue weighted by atomic mass is 9.90. The van der Waals surface area contributed by atoms with Crippen LogP contribution in [0.4, 0.5) is 0 Å². The molecule has 6 nitrogen and oxygen atoms in total. The van der Waals surface area contributed by atoms with Crippen LogP contribution in [0, 0.1) is 6.92 Å². The van der Waals surface area contributed by atoms with Crippen molar-refractivity contribution < 1.29 is 9.90 Å². The van der Waals surface area contributed by atoms with Crippen molar-refractivity contribution in [1.29, 1.82) is 0 Å². The molecule has 0 atom stereocenters. The van der Waals surface area contributed by atoms with Gasteiger partial charge in [-0.2, -0.15) is 0 Å². The Morgan fingerprint density at radius 3 is 2.04 bits per heavy atom. The number of carbonyl (C=O) groups excluding carboxylic acids is 1. The minimum atomic E-state index is 0.590. The van der Waals surface area contributed by atoms with Gasteiger partial charge >= 0.3 is 0 Å². The number of allylic oxidation sites excluding steroid dienone is 10. The molecule has 5 heterocycles. The highest BCUT2D eigenvalue weighted by molar-refractivity contribution is 6.37. The van der Waals surface area contributed by atoms with Crippen molar-refractivity contribution in [2.24, 2.45) is 15.0 Å². The summed E-state index contributed by atoms with van der Waals surface area (Å²) in [4.78, 5) is 31.5. The van der Waals surface area contributed by atoms with Crippen molar-refractivity contribution in [1.82, 2.24) is 4.98 Å². The zero-order valence-corrected chi connectivity index (χ0v) is 29.3. The summed E-state index contributed by atoms with van der Waals surface area (Å²) in [5.74, 6) is 0. The third-order valence-corrected chi connectivity index (χ3v) is 10.1. The van der Waals surface area contributed by atoms with Gasteiger partial charge in [0.1, 0.15) is 6.29 Å². The minimum absolute atomic E-state index is 0.590. The van der Waals surface area contributed by atoms with E-state index in [1.807, 2.05) is 12.1 Å². The summed E-state index contributed by atoms with van der Waals surface area (Å²) in [6, 6.07) is 10.4. The zero-order valence-electron chi connectivity index (χ0n) is 29.3. The number of aliphatic hydroxyl groups excluding tert-OH is 1. The molecule has 0 saturated carbocycles. The topological polar surface area (TPSA) is 90.2 Å². The van der Waals surface area contributed by atoms with Gasteiger partial charge in [0.25, 0.3) is 0 Å². The van der Waals surface area contributed by atoms with Crippen LogP contribution in [0.15, 0.2) is 125 Å². The van der Waals surface area contributed by atoms with Crippen molar-refractivity contribution in [2.45, 2.75) is 81.1 Å². The average molecular weight is 637 g/mol.